The summed E-state index contributed by atoms with van der Waals surface area (Å²) in [5.74, 6) is -0.106. The standard InChI is InChI=1S/C11H15NO2S.Rh/c1-4-8(5-2)10-12-9(7-15-10)11(13)14-6-3;/h7-8H,1-2,4-6H2,3H3;/q-2;+2. The number of carbonyl (C=O) groups excluding carboxylic acids is 1. The fraction of sp³-hybridized carbons (Fsp3) is 0.455. The van der Waals surface area contributed by atoms with E-state index < -0.39 is 0 Å². The van der Waals surface area contributed by atoms with Crippen molar-refractivity contribution in [1.82, 2.24) is 4.98 Å². The average Bonchev–Trinajstić information content (AvgIpc) is 2.69. The number of aromatic nitrogens is 1. The van der Waals surface area contributed by atoms with Crippen LogP contribution in [-0.4, -0.2) is 17.6 Å². The van der Waals surface area contributed by atoms with Gasteiger partial charge in [-0.3, -0.25) is 0 Å². The molecule has 0 saturated carbocycles. The smallest absolute Gasteiger partial charge is 0.461 e. The first kappa shape index (κ1) is 15.7. The summed E-state index contributed by atoms with van der Waals surface area (Å²) in [6.07, 6.45) is 1.50. The van der Waals surface area contributed by atoms with Crippen LogP contribution < -0.4 is 0 Å². The topological polar surface area (TPSA) is 39.2 Å². The van der Waals surface area contributed by atoms with Crippen LogP contribution >= 0.6 is 11.3 Å². The second kappa shape index (κ2) is 7.91. The Bertz CT molecular complexity index is 324. The minimum absolute atomic E-state index is 0. The van der Waals surface area contributed by atoms with Crippen LogP contribution in [0, 0.1) is 13.8 Å². The van der Waals surface area contributed by atoms with Gasteiger partial charge in [0.15, 0.2) is 5.69 Å². The molecule has 3 nitrogen and oxygen atoms in total. The number of carbonyl (C=O) groups is 1. The molecule has 1 heterocycles. The first-order valence-electron chi connectivity index (χ1n) is 4.93. The van der Waals surface area contributed by atoms with Gasteiger partial charge in [-0.25, -0.2) is 9.78 Å². The number of hydrogen-bond donors (Lipinski definition) is 0. The zero-order chi connectivity index (χ0) is 11.3. The molecule has 0 aliphatic carbocycles. The van der Waals surface area contributed by atoms with Crippen molar-refractivity contribution in [2.24, 2.45) is 0 Å². The van der Waals surface area contributed by atoms with Gasteiger partial charge in [0.25, 0.3) is 0 Å². The maximum absolute atomic E-state index is 11.3. The van der Waals surface area contributed by atoms with Gasteiger partial charge in [0.1, 0.15) is 0 Å². The molecular formula is C11H15NO2RhS. The van der Waals surface area contributed by atoms with Crippen molar-refractivity contribution in [3.05, 3.63) is 29.9 Å². The zero-order valence-electron chi connectivity index (χ0n) is 9.20. The molecule has 16 heavy (non-hydrogen) atoms. The Morgan fingerprint density at radius 3 is 2.69 bits per heavy atom. The number of rotatable bonds is 5. The van der Waals surface area contributed by atoms with Crippen LogP contribution in [0.1, 0.15) is 41.2 Å². The number of esters is 1. The average molecular weight is 328 g/mol. The molecule has 0 N–H and O–H groups in total. The monoisotopic (exact) mass is 328 g/mol. The molecule has 0 aliphatic rings. The molecule has 0 bridgehead atoms. The third-order valence-electron chi connectivity index (χ3n) is 2.05. The molecule has 1 rings (SSSR count). The van der Waals surface area contributed by atoms with E-state index in [1.807, 2.05) is 0 Å². The van der Waals surface area contributed by atoms with Crippen LogP contribution in [0.15, 0.2) is 5.38 Å². The second-order valence-corrected chi connectivity index (χ2v) is 3.96. The summed E-state index contributed by atoms with van der Waals surface area (Å²) < 4.78 is 4.86. The molecule has 0 unspecified atom stereocenters. The third-order valence-corrected chi connectivity index (χ3v) is 3.06. The molecule has 0 aromatic carbocycles. The van der Waals surface area contributed by atoms with Gasteiger partial charge in [-0.1, -0.05) is 0 Å². The molecule has 0 aliphatic heterocycles. The van der Waals surface area contributed by atoms with E-state index in [1.54, 1.807) is 12.3 Å². The molecule has 1 aromatic heterocycles. The summed E-state index contributed by atoms with van der Waals surface area (Å²) >= 11 is 1.47. The zero-order valence-corrected chi connectivity index (χ0v) is 11.7. The minimum Gasteiger partial charge on any atom is -0.461 e. The van der Waals surface area contributed by atoms with E-state index in [0.717, 1.165) is 17.8 Å². The normalized spacial score (nSPS) is 10.0. The summed E-state index contributed by atoms with van der Waals surface area (Å²) in [4.78, 5) is 15.6. The van der Waals surface area contributed by atoms with Gasteiger partial charge in [0, 0.05) is 5.38 Å². The van der Waals surface area contributed by atoms with Crippen molar-refractivity contribution >= 4 is 17.3 Å². The summed E-state index contributed by atoms with van der Waals surface area (Å²) in [5, 5.41) is 2.65. The van der Waals surface area contributed by atoms with Crippen molar-refractivity contribution in [3.8, 4) is 0 Å². The van der Waals surface area contributed by atoms with Gasteiger partial charge in [0.2, 0.25) is 0 Å². The number of hydrogen-bond acceptors (Lipinski definition) is 4. The fourth-order valence-corrected chi connectivity index (χ4v) is 2.13. The van der Waals surface area contributed by atoms with Crippen molar-refractivity contribution in [2.75, 3.05) is 6.61 Å². The largest absolute Gasteiger partial charge is 2.00 e. The van der Waals surface area contributed by atoms with Crippen molar-refractivity contribution < 1.29 is 29.0 Å². The Hall–Kier alpha value is -0.277. The maximum atomic E-state index is 11.3. The Morgan fingerprint density at radius 1 is 1.56 bits per heavy atom. The molecule has 0 atom stereocenters. The van der Waals surface area contributed by atoms with E-state index >= 15 is 0 Å². The minimum atomic E-state index is -0.355. The van der Waals surface area contributed by atoms with Crippen LogP contribution in [0.5, 0.6) is 0 Å². The first-order chi connectivity index (χ1) is 7.22. The van der Waals surface area contributed by atoms with Gasteiger partial charge in [-0.2, -0.15) is 12.8 Å². The van der Waals surface area contributed by atoms with E-state index in [0.29, 0.717) is 12.3 Å². The second-order valence-electron chi connectivity index (χ2n) is 3.07. The van der Waals surface area contributed by atoms with Gasteiger partial charge in [-0.15, -0.1) is 11.3 Å². The predicted octanol–water partition coefficient (Wildman–Crippen LogP) is 2.85. The Labute approximate surface area is 113 Å². The maximum Gasteiger partial charge on any atom is 2.00 e. The molecule has 0 spiro atoms. The Morgan fingerprint density at radius 2 is 2.19 bits per heavy atom. The number of nitrogens with zero attached hydrogens (tertiary/aromatic N) is 1. The van der Waals surface area contributed by atoms with E-state index in [1.165, 1.54) is 11.3 Å². The molecule has 1 radical (unpaired) electrons. The molecule has 0 fully saturated rings. The number of ether oxygens (including phenoxy) is 1. The summed E-state index contributed by atoms with van der Waals surface area (Å²) in [5.41, 5.74) is 0.392. The summed E-state index contributed by atoms with van der Waals surface area (Å²) in [6.45, 7) is 9.82. The first-order valence-corrected chi connectivity index (χ1v) is 5.81. The SMILES string of the molecule is [CH2-]CC(C[CH2-])c1nc(C(=O)OCC)cs1.[Rh+2]. The van der Waals surface area contributed by atoms with Gasteiger partial charge in [-0.05, 0) is 12.8 Å². The third kappa shape index (κ3) is 3.95. The summed E-state index contributed by atoms with van der Waals surface area (Å²) in [6, 6.07) is 0. The van der Waals surface area contributed by atoms with E-state index in [4.69, 9.17) is 4.74 Å². The molecule has 5 heteroatoms. The molecule has 0 amide bonds. The van der Waals surface area contributed by atoms with Crippen LogP contribution in [0.2, 0.25) is 0 Å². The van der Waals surface area contributed by atoms with Crippen molar-refractivity contribution in [2.45, 2.75) is 25.7 Å². The van der Waals surface area contributed by atoms with Crippen molar-refractivity contribution in [1.29, 1.82) is 0 Å². The molecule has 0 saturated heterocycles. The van der Waals surface area contributed by atoms with Gasteiger partial charge in [0.05, 0.1) is 11.6 Å². The van der Waals surface area contributed by atoms with Crippen LogP contribution in [0.3, 0.4) is 0 Å². The van der Waals surface area contributed by atoms with Gasteiger partial charge < -0.3 is 18.6 Å². The molecular weight excluding hydrogens is 313 g/mol. The van der Waals surface area contributed by atoms with Crippen molar-refractivity contribution in [3.63, 3.8) is 0 Å². The summed E-state index contributed by atoms with van der Waals surface area (Å²) in [7, 11) is 0. The quantitative estimate of drug-likeness (QED) is 0.474. The Balaban J connectivity index is 0.00000225. The van der Waals surface area contributed by atoms with E-state index in [9.17, 15) is 4.79 Å². The van der Waals surface area contributed by atoms with Crippen LogP contribution in [0.25, 0.3) is 0 Å². The molecule has 1 aromatic rings. The van der Waals surface area contributed by atoms with Gasteiger partial charge >= 0.3 is 25.4 Å². The predicted molar refractivity (Wildman–Crippen MR) is 60.8 cm³/mol. The van der Waals surface area contributed by atoms with Crippen LogP contribution in [-0.2, 0) is 24.2 Å². The molecule has 91 valence electrons. The fourth-order valence-electron chi connectivity index (χ4n) is 1.17. The van der Waals surface area contributed by atoms with E-state index in [2.05, 4.69) is 18.8 Å². The van der Waals surface area contributed by atoms with E-state index in [-0.39, 0.29) is 31.4 Å². The Kier molecular flexibility index (Phi) is 7.77. The van der Waals surface area contributed by atoms with Crippen LogP contribution in [0.4, 0.5) is 0 Å². The number of thiazole rings is 1.